The Morgan fingerprint density at radius 2 is 2.03 bits per heavy atom. The van der Waals surface area contributed by atoms with Gasteiger partial charge in [0.2, 0.25) is 0 Å². The molecule has 3 heterocycles. The first-order chi connectivity index (χ1) is 15.3. The molecule has 4 rings (SSSR count). The van der Waals surface area contributed by atoms with E-state index in [-0.39, 0.29) is 24.0 Å². The van der Waals surface area contributed by atoms with Crippen LogP contribution in [0.25, 0.3) is 0 Å². The van der Waals surface area contributed by atoms with Crippen LogP contribution in [0.4, 0.5) is 0 Å². The highest BCUT2D eigenvalue weighted by atomic mass is 127. The van der Waals surface area contributed by atoms with E-state index >= 15 is 0 Å². The topological polar surface area (TPSA) is 49.3 Å². The lowest BCUT2D eigenvalue weighted by molar-refractivity contribution is 0.0167. The number of aliphatic imine (C=N–C) groups is 1. The van der Waals surface area contributed by atoms with Crippen molar-refractivity contribution < 1.29 is 9.47 Å². The van der Waals surface area contributed by atoms with Gasteiger partial charge in [0, 0.05) is 52.5 Å². The van der Waals surface area contributed by atoms with Crippen molar-refractivity contribution in [3.05, 3.63) is 35.9 Å². The Morgan fingerprint density at radius 3 is 2.81 bits per heavy atom. The molecule has 3 fully saturated rings. The van der Waals surface area contributed by atoms with E-state index in [1.165, 1.54) is 37.8 Å². The molecule has 1 aromatic carbocycles. The van der Waals surface area contributed by atoms with E-state index in [0.29, 0.717) is 12.1 Å². The molecule has 3 aliphatic heterocycles. The van der Waals surface area contributed by atoms with E-state index in [9.17, 15) is 0 Å². The average molecular weight is 557 g/mol. The van der Waals surface area contributed by atoms with E-state index in [2.05, 4.69) is 50.4 Å². The van der Waals surface area contributed by atoms with Gasteiger partial charge in [-0.3, -0.25) is 9.89 Å². The molecule has 32 heavy (non-hydrogen) atoms. The lowest BCUT2D eigenvalue weighted by Gasteiger charge is -2.48. The van der Waals surface area contributed by atoms with Crippen LogP contribution < -0.4 is 5.32 Å². The van der Waals surface area contributed by atoms with Gasteiger partial charge in [0.1, 0.15) is 0 Å². The van der Waals surface area contributed by atoms with E-state index in [4.69, 9.17) is 9.47 Å². The minimum Gasteiger partial charge on any atom is -0.379 e. The minimum atomic E-state index is 0. The summed E-state index contributed by atoms with van der Waals surface area (Å²) < 4.78 is 11.4. The lowest BCUT2D eigenvalue weighted by Crippen LogP contribution is -2.56. The predicted octanol–water partition coefficient (Wildman–Crippen LogP) is 3.75. The van der Waals surface area contributed by atoms with Crippen LogP contribution >= 0.6 is 24.0 Å². The molecule has 0 radical (unpaired) electrons. The number of nitrogens with zero attached hydrogens (tertiary/aromatic N) is 3. The zero-order valence-electron chi connectivity index (χ0n) is 19.6. The number of ether oxygens (including phenoxy) is 2. The number of rotatable bonds is 8. The monoisotopic (exact) mass is 556 g/mol. The second-order valence-corrected chi connectivity index (χ2v) is 9.20. The molecule has 180 valence electrons. The fourth-order valence-electron chi connectivity index (χ4n) is 5.41. The van der Waals surface area contributed by atoms with Gasteiger partial charge in [0.05, 0.1) is 12.7 Å². The molecule has 3 saturated heterocycles. The van der Waals surface area contributed by atoms with Crippen molar-refractivity contribution in [1.82, 2.24) is 15.1 Å². The zero-order chi connectivity index (χ0) is 21.3. The molecule has 3 unspecified atom stereocenters. The summed E-state index contributed by atoms with van der Waals surface area (Å²) in [5, 5.41) is 3.57. The van der Waals surface area contributed by atoms with Crippen molar-refractivity contribution in [2.45, 2.75) is 57.2 Å². The van der Waals surface area contributed by atoms with Crippen molar-refractivity contribution in [3.8, 4) is 0 Å². The summed E-state index contributed by atoms with van der Waals surface area (Å²) in [6.45, 7) is 7.84. The van der Waals surface area contributed by atoms with Gasteiger partial charge in [-0.15, -0.1) is 24.0 Å². The summed E-state index contributed by atoms with van der Waals surface area (Å²) >= 11 is 0. The quantitative estimate of drug-likeness (QED) is 0.229. The highest BCUT2D eigenvalue weighted by Gasteiger charge is 2.36. The molecule has 0 aromatic heterocycles. The fraction of sp³-hybridized carbons (Fsp3) is 0.720. The van der Waals surface area contributed by atoms with Gasteiger partial charge in [-0.25, -0.2) is 0 Å². The standard InChI is InChI=1S/C25H40N4O2.HI/c1-26-25(27-13-7-16-30-20-23-11-6-17-31-23)29-15-12-24-22(19-29)10-5-14-28(24)18-21-8-3-2-4-9-21;/h2-4,8-9,22-24H,5-7,10-20H2,1H3,(H,26,27);1H. The van der Waals surface area contributed by atoms with Gasteiger partial charge >= 0.3 is 0 Å². The molecule has 7 heteroatoms. The lowest BCUT2D eigenvalue weighted by atomic mass is 9.83. The highest BCUT2D eigenvalue weighted by Crippen LogP contribution is 2.31. The number of hydrogen-bond acceptors (Lipinski definition) is 4. The van der Waals surface area contributed by atoms with Crippen LogP contribution in [0.2, 0.25) is 0 Å². The van der Waals surface area contributed by atoms with Crippen molar-refractivity contribution >= 4 is 29.9 Å². The summed E-state index contributed by atoms with van der Waals surface area (Å²) in [5.41, 5.74) is 1.43. The molecular formula is C25H41IN4O2. The molecule has 6 nitrogen and oxygen atoms in total. The third-order valence-corrected chi connectivity index (χ3v) is 7.00. The van der Waals surface area contributed by atoms with Crippen molar-refractivity contribution in [2.24, 2.45) is 10.9 Å². The van der Waals surface area contributed by atoms with Crippen LogP contribution in [-0.4, -0.2) is 81.0 Å². The maximum atomic E-state index is 5.79. The second-order valence-electron chi connectivity index (χ2n) is 9.20. The van der Waals surface area contributed by atoms with Crippen molar-refractivity contribution in [3.63, 3.8) is 0 Å². The number of hydrogen-bond donors (Lipinski definition) is 1. The smallest absolute Gasteiger partial charge is 0.193 e. The third kappa shape index (κ3) is 7.30. The molecule has 3 aliphatic rings. The maximum absolute atomic E-state index is 5.79. The summed E-state index contributed by atoms with van der Waals surface area (Å²) in [6.07, 6.45) is 7.49. The molecule has 0 aliphatic carbocycles. The van der Waals surface area contributed by atoms with Crippen LogP contribution in [0.5, 0.6) is 0 Å². The SMILES string of the molecule is CN=C(NCCCOCC1CCCO1)N1CCC2C(CCCN2Cc2ccccc2)C1.I. The molecule has 0 amide bonds. The van der Waals surface area contributed by atoms with E-state index in [1.807, 2.05) is 7.05 Å². The Labute approximate surface area is 211 Å². The number of piperidine rings is 2. The van der Waals surface area contributed by atoms with Gasteiger partial charge in [-0.1, -0.05) is 30.3 Å². The molecule has 3 atom stereocenters. The van der Waals surface area contributed by atoms with Gasteiger partial charge in [0.25, 0.3) is 0 Å². The Bertz CT molecular complexity index is 684. The fourth-order valence-corrected chi connectivity index (χ4v) is 5.41. The first-order valence-electron chi connectivity index (χ1n) is 12.3. The summed E-state index contributed by atoms with van der Waals surface area (Å²) in [4.78, 5) is 9.77. The van der Waals surface area contributed by atoms with Crippen LogP contribution in [-0.2, 0) is 16.0 Å². The number of fused-ring (bicyclic) bond motifs is 1. The van der Waals surface area contributed by atoms with Crippen LogP contribution in [0.3, 0.4) is 0 Å². The molecule has 1 aromatic rings. The third-order valence-electron chi connectivity index (χ3n) is 7.00. The Balaban J connectivity index is 0.00000289. The zero-order valence-corrected chi connectivity index (χ0v) is 21.9. The van der Waals surface area contributed by atoms with E-state index in [1.54, 1.807) is 0 Å². The van der Waals surface area contributed by atoms with E-state index < -0.39 is 0 Å². The van der Waals surface area contributed by atoms with Crippen LogP contribution in [0, 0.1) is 5.92 Å². The predicted molar refractivity (Wildman–Crippen MR) is 141 cm³/mol. The van der Waals surface area contributed by atoms with Crippen LogP contribution in [0.15, 0.2) is 35.3 Å². The summed E-state index contributed by atoms with van der Waals surface area (Å²) in [5.74, 6) is 1.79. The van der Waals surface area contributed by atoms with Gasteiger partial charge in [-0.2, -0.15) is 0 Å². The average Bonchev–Trinajstić information content (AvgIpc) is 3.33. The molecule has 0 spiro atoms. The molecular weight excluding hydrogens is 515 g/mol. The molecule has 0 bridgehead atoms. The van der Waals surface area contributed by atoms with Gasteiger partial charge in [0.15, 0.2) is 5.96 Å². The van der Waals surface area contributed by atoms with Crippen molar-refractivity contribution in [1.29, 1.82) is 0 Å². The first-order valence-corrected chi connectivity index (χ1v) is 12.3. The van der Waals surface area contributed by atoms with Gasteiger partial charge < -0.3 is 19.7 Å². The first kappa shape index (κ1) is 25.7. The minimum absolute atomic E-state index is 0. The second kappa shape index (κ2) is 13.7. The Kier molecular flexibility index (Phi) is 11.0. The number of likely N-dealkylation sites (tertiary alicyclic amines) is 2. The van der Waals surface area contributed by atoms with Gasteiger partial charge in [-0.05, 0) is 56.6 Å². The largest absolute Gasteiger partial charge is 0.379 e. The Morgan fingerprint density at radius 1 is 1.16 bits per heavy atom. The number of halogens is 1. The van der Waals surface area contributed by atoms with Crippen LogP contribution in [0.1, 0.15) is 44.1 Å². The molecule has 1 N–H and O–H groups in total. The maximum Gasteiger partial charge on any atom is 0.193 e. The molecule has 0 saturated carbocycles. The Hall–Kier alpha value is -0.900. The summed E-state index contributed by atoms with van der Waals surface area (Å²) in [7, 11) is 1.91. The number of benzene rings is 1. The number of nitrogens with one attached hydrogen (secondary N) is 1. The normalized spacial score (nSPS) is 26.5. The van der Waals surface area contributed by atoms with E-state index in [0.717, 1.165) is 70.7 Å². The summed E-state index contributed by atoms with van der Waals surface area (Å²) in [6, 6.07) is 11.6. The number of guanidine groups is 1. The highest BCUT2D eigenvalue weighted by molar-refractivity contribution is 14.0. The van der Waals surface area contributed by atoms with Crippen molar-refractivity contribution in [2.75, 3.05) is 53.0 Å².